The van der Waals surface area contributed by atoms with E-state index in [9.17, 15) is 4.79 Å². The Morgan fingerprint density at radius 3 is 2.62 bits per heavy atom. The van der Waals surface area contributed by atoms with Gasteiger partial charge in [-0.05, 0) is 12.8 Å². The molecular formula is C10H20N2O. The van der Waals surface area contributed by atoms with E-state index >= 15 is 0 Å². The normalized spacial score (nSPS) is 29.0. The number of hydrogen-bond acceptors (Lipinski definition) is 2. The molecule has 1 N–H and O–H groups in total. The molecule has 3 heteroatoms. The zero-order valence-corrected chi connectivity index (χ0v) is 8.84. The molecule has 3 nitrogen and oxygen atoms in total. The first kappa shape index (κ1) is 10.5. The summed E-state index contributed by atoms with van der Waals surface area (Å²) < 4.78 is 0. The maximum Gasteiger partial charge on any atom is 0.219 e. The number of carbonyl (C=O) groups excluding carboxylic acids is 1. The number of piperazine rings is 1. The number of hydrogen-bond donors (Lipinski definition) is 1. The summed E-state index contributed by atoms with van der Waals surface area (Å²) >= 11 is 0. The highest BCUT2D eigenvalue weighted by molar-refractivity contribution is 5.73. The van der Waals surface area contributed by atoms with Crippen molar-refractivity contribution in [2.45, 2.75) is 45.7 Å². The minimum absolute atomic E-state index is 0.215. The topological polar surface area (TPSA) is 32.3 Å². The highest BCUT2D eigenvalue weighted by Gasteiger charge is 2.26. The summed E-state index contributed by atoms with van der Waals surface area (Å²) in [6.45, 7) is 7.79. The summed E-state index contributed by atoms with van der Waals surface area (Å²) in [7, 11) is 0. The minimum Gasteiger partial charge on any atom is -0.337 e. The maximum atomic E-state index is 11.3. The van der Waals surface area contributed by atoms with Gasteiger partial charge in [0, 0.05) is 32.1 Å². The van der Waals surface area contributed by atoms with Crippen molar-refractivity contribution in [1.82, 2.24) is 10.2 Å². The van der Waals surface area contributed by atoms with Gasteiger partial charge in [0.2, 0.25) is 5.91 Å². The molecule has 1 saturated heterocycles. The van der Waals surface area contributed by atoms with E-state index in [2.05, 4.69) is 19.2 Å². The van der Waals surface area contributed by atoms with Gasteiger partial charge in [-0.15, -0.1) is 0 Å². The van der Waals surface area contributed by atoms with Crippen LogP contribution in [0.25, 0.3) is 0 Å². The average molecular weight is 184 g/mol. The molecule has 1 aliphatic heterocycles. The number of rotatable bonds is 2. The molecule has 1 fully saturated rings. The Morgan fingerprint density at radius 1 is 1.46 bits per heavy atom. The Bertz CT molecular complexity index is 182. The number of carbonyl (C=O) groups is 1. The molecule has 0 aromatic heterocycles. The van der Waals surface area contributed by atoms with Crippen molar-refractivity contribution in [2.75, 3.05) is 13.1 Å². The van der Waals surface area contributed by atoms with Gasteiger partial charge in [-0.3, -0.25) is 4.79 Å². The van der Waals surface area contributed by atoms with Crippen LogP contribution in [0, 0.1) is 0 Å². The van der Waals surface area contributed by atoms with Crippen molar-refractivity contribution in [3.63, 3.8) is 0 Å². The maximum absolute atomic E-state index is 11.3. The molecular weight excluding hydrogens is 164 g/mol. The van der Waals surface area contributed by atoms with Gasteiger partial charge in [-0.25, -0.2) is 0 Å². The zero-order chi connectivity index (χ0) is 9.84. The highest BCUT2D eigenvalue weighted by Crippen LogP contribution is 2.11. The lowest BCUT2D eigenvalue weighted by Crippen LogP contribution is -2.57. The molecule has 1 heterocycles. The van der Waals surface area contributed by atoms with E-state index in [1.807, 2.05) is 4.90 Å². The van der Waals surface area contributed by atoms with Gasteiger partial charge in [0.1, 0.15) is 0 Å². The predicted molar refractivity (Wildman–Crippen MR) is 53.5 cm³/mol. The lowest BCUT2D eigenvalue weighted by atomic mass is 10.1. The van der Waals surface area contributed by atoms with Gasteiger partial charge in [0.15, 0.2) is 0 Å². The summed E-state index contributed by atoms with van der Waals surface area (Å²) in [5, 5.41) is 3.46. The van der Waals surface area contributed by atoms with E-state index in [0.29, 0.717) is 12.1 Å². The van der Waals surface area contributed by atoms with Crippen molar-refractivity contribution < 1.29 is 4.79 Å². The molecule has 1 rings (SSSR count). The number of nitrogens with zero attached hydrogens (tertiary/aromatic N) is 1. The highest BCUT2D eigenvalue weighted by atomic mass is 16.2. The van der Waals surface area contributed by atoms with Crippen LogP contribution >= 0.6 is 0 Å². The van der Waals surface area contributed by atoms with Crippen LogP contribution in [0.2, 0.25) is 0 Å². The first-order chi connectivity index (χ1) is 6.19. The third kappa shape index (κ3) is 2.44. The third-order valence-corrected chi connectivity index (χ3v) is 2.87. The van der Waals surface area contributed by atoms with E-state index in [1.165, 1.54) is 0 Å². The fourth-order valence-electron chi connectivity index (χ4n) is 1.89. The number of amides is 1. The van der Waals surface area contributed by atoms with Crippen molar-refractivity contribution in [2.24, 2.45) is 0 Å². The molecule has 0 aliphatic carbocycles. The molecule has 76 valence electrons. The summed E-state index contributed by atoms with van der Waals surface area (Å²) in [4.78, 5) is 13.3. The van der Waals surface area contributed by atoms with Gasteiger partial charge in [0.25, 0.3) is 0 Å². The molecule has 2 unspecified atom stereocenters. The van der Waals surface area contributed by atoms with Gasteiger partial charge in [0.05, 0.1) is 0 Å². The van der Waals surface area contributed by atoms with Gasteiger partial charge in [-0.2, -0.15) is 0 Å². The molecule has 0 radical (unpaired) electrons. The molecule has 0 aromatic rings. The van der Waals surface area contributed by atoms with Crippen LogP contribution in [0.1, 0.15) is 33.6 Å². The fourth-order valence-corrected chi connectivity index (χ4v) is 1.89. The van der Waals surface area contributed by atoms with Crippen LogP contribution < -0.4 is 5.32 Å². The van der Waals surface area contributed by atoms with Gasteiger partial charge < -0.3 is 10.2 Å². The predicted octanol–water partition coefficient (Wildman–Crippen LogP) is 0.995. The molecule has 1 aliphatic rings. The Kier molecular flexibility index (Phi) is 3.72. The molecule has 13 heavy (non-hydrogen) atoms. The van der Waals surface area contributed by atoms with Crippen LogP contribution in [-0.4, -0.2) is 36.0 Å². The number of nitrogens with one attached hydrogen (secondary N) is 1. The second-order valence-corrected chi connectivity index (χ2v) is 3.75. The Balaban J connectivity index is 2.57. The summed E-state index contributed by atoms with van der Waals surface area (Å²) in [6, 6.07) is 0.895. The fraction of sp³-hybridized carbons (Fsp3) is 0.900. The quantitative estimate of drug-likeness (QED) is 0.694. The van der Waals surface area contributed by atoms with Crippen LogP contribution in [0.4, 0.5) is 0 Å². The van der Waals surface area contributed by atoms with E-state index in [4.69, 9.17) is 0 Å². The molecule has 1 amide bonds. The van der Waals surface area contributed by atoms with Crippen LogP contribution in [-0.2, 0) is 4.79 Å². The third-order valence-electron chi connectivity index (χ3n) is 2.87. The summed E-state index contributed by atoms with van der Waals surface area (Å²) in [5.41, 5.74) is 0. The lowest BCUT2D eigenvalue weighted by Gasteiger charge is -2.39. The average Bonchev–Trinajstić information content (AvgIpc) is 2.16. The van der Waals surface area contributed by atoms with E-state index in [-0.39, 0.29) is 5.91 Å². The van der Waals surface area contributed by atoms with Crippen molar-refractivity contribution in [1.29, 1.82) is 0 Å². The smallest absolute Gasteiger partial charge is 0.219 e. The molecule has 0 bridgehead atoms. The standard InChI is InChI=1S/C10H20N2O/c1-4-9-7-12(8(3)13)10(5-2)6-11-9/h9-11H,4-7H2,1-3H3. The Hall–Kier alpha value is -0.570. The minimum atomic E-state index is 0.215. The molecule has 0 spiro atoms. The van der Waals surface area contributed by atoms with E-state index in [0.717, 1.165) is 25.9 Å². The largest absolute Gasteiger partial charge is 0.337 e. The lowest BCUT2D eigenvalue weighted by molar-refractivity contribution is -0.132. The Labute approximate surface area is 80.5 Å². The van der Waals surface area contributed by atoms with Crippen molar-refractivity contribution >= 4 is 5.91 Å². The zero-order valence-electron chi connectivity index (χ0n) is 8.84. The monoisotopic (exact) mass is 184 g/mol. The van der Waals surface area contributed by atoms with Crippen LogP contribution in [0.5, 0.6) is 0 Å². The van der Waals surface area contributed by atoms with Gasteiger partial charge >= 0.3 is 0 Å². The van der Waals surface area contributed by atoms with E-state index < -0.39 is 0 Å². The molecule has 2 atom stereocenters. The first-order valence-electron chi connectivity index (χ1n) is 5.19. The van der Waals surface area contributed by atoms with Crippen LogP contribution in [0.15, 0.2) is 0 Å². The van der Waals surface area contributed by atoms with Gasteiger partial charge in [-0.1, -0.05) is 13.8 Å². The SMILES string of the molecule is CCC1CN(C(C)=O)C(CC)CN1. The summed E-state index contributed by atoms with van der Waals surface area (Å²) in [6.07, 6.45) is 2.14. The van der Waals surface area contributed by atoms with Crippen LogP contribution in [0.3, 0.4) is 0 Å². The second kappa shape index (κ2) is 4.61. The molecule has 0 aromatic carbocycles. The van der Waals surface area contributed by atoms with Crippen molar-refractivity contribution in [3.8, 4) is 0 Å². The second-order valence-electron chi connectivity index (χ2n) is 3.75. The summed E-state index contributed by atoms with van der Waals surface area (Å²) in [5.74, 6) is 0.215. The van der Waals surface area contributed by atoms with Crippen molar-refractivity contribution in [3.05, 3.63) is 0 Å². The molecule has 0 saturated carbocycles. The Morgan fingerprint density at radius 2 is 2.15 bits per heavy atom. The van der Waals surface area contributed by atoms with E-state index in [1.54, 1.807) is 6.92 Å². The first-order valence-corrected chi connectivity index (χ1v) is 5.19.